The van der Waals surface area contributed by atoms with Gasteiger partial charge in [0, 0.05) is 28.5 Å². The number of rotatable bonds is 8. The number of aromatic carboxylic acids is 1. The number of benzene rings is 3. The maximum atomic E-state index is 15.6. The van der Waals surface area contributed by atoms with E-state index >= 15 is 8.78 Å². The van der Waals surface area contributed by atoms with Crippen LogP contribution in [0.5, 0.6) is 5.88 Å². The minimum Gasteiger partial charge on any atom is -0.478 e. The standard InChI is InChI=1S/C33H28ClF2N3O4/c1-33(2)18-42-17-29(33)39-28-13-20(32(40)41)8-11-27(28)37-30(39)14-21-12-25(36)23(15-24(21)35)26-4-3-5-31(38-26)43-16-19-6-9-22(34)10-7-19/h3-13,15,29H,14,16-18H2,1-2H3,(H,40,41)/t29-/m1/s1. The summed E-state index contributed by atoms with van der Waals surface area (Å²) in [4.78, 5) is 20.8. The minimum absolute atomic E-state index is 0.00289. The van der Waals surface area contributed by atoms with Gasteiger partial charge in [-0.2, -0.15) is 0 Å². The van der Waals surface area contributed by atoms with E-state index in [2.05, 4.69) is 18.8 Å². The van der Waals surface area contributed by atoms with Crippen molar-refractivity contribution >= 4 is 28.6 Å². The molecule has 3 heterocycles. The van der Waals surface area contributed by atoms with Gasteiger partial charge >= 0.3 is 5.97 Å². The fourth-order valence-electron chi connectivity index (χ4n) is 5.40. The lowest BCUT2D eigenvalue weighted by Crippen LogP contribution is -2.27. The molecule has 1 saturated heterocycles. The number of carboxylic acids is 1. The lowest BCUT2D eigenvalue weighted by atomic mass is 9.87. The fraction of sp³-hybridized carbons (Fsp3) is 0.242. The zero-order valence-corrected chi connectivity index (χ0v) is 24.2. The zero-order valence-electron chi connectivity index (χ0n) is 23.5. The van der Waals surface area contributed by atoms with Crippen LogP contribution in [0.3, 0.4) is 0 Å². The Balaban J connectivity index is 1.32. The Morgan fingerprint density at radius 2 is 1.86 bits per heavy atom. The molecule has 0 spiro atoms. The van der Waals surface area contributed by atoms with Gasteiger partial charge in [0.15, 0.2) is 0 Å². The molecule has 5 aromatic rings. The van der Waals surface area contributed by atoms with Crippen LogP contribution in [0.25, 0.3) is 22.3 Å². The number of fused-ring (bicyclic) bond motifs is 1. The summed E-state index contributed by atoms with van der Waals surface area (Å²) in [5.41, 5.74) is 2.24. The van der Waals surface area contributed by atoms with Crippen molar-refractivity contribution in [3.05, 3.63) is 112 Å². The van der Waals surface area contributed by atoms with Crippen molar-refractivity contribution in [2.24, 2.45) is 5.41 Å². The van der Waals surface area contributed by atoms with Crippen LogP contribution in [0.2, 0.25) is 5.02 Å². The number of imidazole rings is 1. The number of aromatic nitrogens is 3. The number of hydrogen-bond acceptors (Lipinski definition) is 5. The molecule has 0 radical (unpaired) electrons. The Hall–Kier alpha value is -4.34. The molecular weight excluding hydrogens is 576 g/mol. The second-order valence-electron chi connectivity index (χ2n) is 11.3. The predicted molar refractivity (Wildman–Crippen MR) is 159 cm³/mol. The van der Waals surface area contributed by atoms with Crippen molar-refractivity contribution in [1.82, 2.24) is 14.5 Å². The summed E-state index contributed by atoms with van der Waals surface area (Å²) in [5.74, 6) is -1.55. The van der Waals surface area contributed by atoms with Crippen molar-refractivity contribution in [2.45, 2.75) is 32.9 Å². The third-order valence-electron chi connectivity index (χ3n) is 7.76. The average molecular weight is 604 g/mol. The highest BCUT2D eigenvalue weighted by molar-refractivity contribution is 6.30. The molecule has 0 amide bonds. The number of halogens is 3. The van der Waals surface area contributed by atoms with Crippen LogP contribution in [0.4, 0.5) is 8.78 Å². The van der Waals surface area contributed by atoms with Gasteiger partial charge in [0.2, 0.25) is 5.88 Å². The highest BCUT2D eigenvalue weighted by atomic mass is 35.5. The van der Waals surface area contributed by atoms with Crippen LogP contribution >= 0.6 is 11.6 Å². The highest BCUT2D eigenvalue weighted by Crippen LogP contribution is 2.40. The van der Waals surface area contributed by atoms with E-state index in [1.165, 1.54) is 6.07 Å². The van der Waals surface area contributed by atoms with Crippen LogP contribution in [0.15, 0.2) is 72.8 Å². The van der Waals surface area contributed by atoms with Crippen molar-refractivity contribution in [3.63, 3.8) is 0 Å². The summed E-state index contributed by atoms with van der Waals surface area (Å²) in [5, 5.41) is 10.2. The minimum atomic E-state index is -1.06. The molecule has 220 valence electrons. The number of carboxylic acid groups (broad SMARTS) is 1. The summed E-state index contributed by atoms with van der Waals surface area (Å²) in [6.45, 7) is 5.23. The highest BCUT2D eigenvalue weighted by Gasteiger charge is 2.39. The first-order valence-electron chi connectivity index (χ1n) is 13.7. The van der Waals surface area contributed by atoms with Gasteiger partial charge in [-0.25, -0.2) is 23.5 Å². The van der Waals surface area contributed by atoms with E-state index in [4.69, 9.17) is 26.1 Å². The Kier molecular flexibility index (Phi) is 7.62. The van der Waals surface area contributed by atoms with Gasteiger partial charge in [0.25, 0.3) is 0 Å². The van der Waals surface area contributed by atoms with Crippen molar-refractivity contribution < 1.29 is 28.2 Å². The molecule has 1 aliphatic heterocycles. The second kappa shape index (κ2) is 11.4. The van der Waals surface area contributed by atoms with E-state index in [1.807, 2.05) is 16.7 Å². The number of pyridine rings is 1. The lowest BCUT2D eigenvalue weighted by Gasteiger charge is -2.28. The van der Waals surface area contributed by atoms with Crippen molar-refractivity contribution in [2.75, 3.05) is 13.2 Å². The molecule has 10 heteroatoms. The lowest BCUT2D eigenvalue weighted by molar-refractivity contribution is 0.0697. The van der Waals surface area contributed by atoms with Gasteiger partial charge in [-0.05, 0) is 59.7 Å². The van der Waals surface area contributed by atoms with Gasteiger partial charge < -0.3 is 19.1 Å². The maximum absolute atomic E-state index is 15.6. The quantitative estimate of drug-likeness (QED) is 0.198. The summed E-state index contributed by atoms with van der Waals surface area (Å²) < 4.78 is 44.6. The molecule has 2 aromatic heterocycles. The molecular formula is C33H28ClF2N3O4. The Morgan fingerprint density at radius 1 is 1.07 bits per heavy atom. The van der Waals surface area contributed by atoms with Crippen LogP contribution in [-0.2, 0) is 17.8 Å². The largest absolute Gasteiger partial charge is 0.478 e. The first-order valence-corrected chi connectivity index (χ1v) is 14.1. The Morgan fingerprint density at radius 3 is 2.58 bits per heavy atom. The third kappa shape index (κ3) is 5.83. The van der Waals surface area contributed by atoms with E-state index in [1.54, 1.807) is 42.5 Å². The molecule has 0 saturated carbocycles. The Labute approximate surface area is 251 Å². The smallest absolute Gasteiger partial charge is 0.335 e. The monoisotopic (exact) mass is 603 g/mol. The van der Waals surface area contributed by atoms with E-state index in [0.29, 0.717) is 35.1 Å². The first-order chi connectivity index (χ1) is 20.6. The normalized spacial score (nSPS) is 16.1. The molecule has 1 aliphatic rings. The third-order valence-corrected chi connectivity index (χ3v) is 8.01. The SMILES string of the molecule is CC1(C)COC[C@H]1n1c(Cc2cc(F)c(-c3cccc(OCc4ccc(Cl)cc4)n3)cc2F)nc2ccc(C(=O)O)cc21. The molecule has 1 N–H and O–H groups in total. The Bertz CT molecular complexity index is 1840. The van der Waals surface area contributed by atoms with Crippen LogP contribution in [-0.4, -0.2) is 38.8 Å². The predicted octanol–water partition coefficient (Wildman–Crippen LogP) is 7.50. The summed E-state index contributed by atoms with van der Waals surface area (Å²) in [6.07, 6.45) is -0.00955. The second-order valence-corrected chi connectivity index (χ2v) is 11.7. The molecule has 6 rings (SSSR count). The summed E-state index contributed by atoms with van der Waals surface area (Å²) >= 11 is 5.94. The molecule has 1 atom stereocenters. The molecule has 0 unspecified atom stereocenters. The number of ether oxygens (including phenoxy) is 2. The number of nitrogens with zero attached hydrogens (tertiary/aromatic N) is 3. The fourth-order valence-corrected chi connectivity index (χ4v) is 5.53. The summed E-state index contributed by atoms with van der Waals surface area (Å²) in [6, 6.07) is 18.9. The van der Waals surface area contributed by atoms with Gasteiger partial charge in [-0.15, -0.1) is 0 Å². The van der Waals surface area contributed by atoms with E-state index < -0.39 is 17.6 Å². The zero-order chi connectivity index (χ0) is 30.3. The van der Waals surface area contributed by atoms with Crippen LogP contribution in [0, 0.1) is 17.0 Å². The summed E-state index contributed by atoms with van der Waals surface area (Å²) in [7, 11) is 0. The maximum Gasteiger partial charge on any atom is 0.335 e. The molecule has 0 bridgehead atoms. The van der Waals surface area contributed by atoms with Crippen LogP contribution < -0.4 is 4.74 Å². The van der Waals surface area contributed by atoms with Gasteiger partial charge in [0.1, 0.15) is 24.1 Å². The number of carbonyl (C=O) groups is 1. The van der Waals surface area contributed by atoms with Gasteiger partial charge in [-0.1, -0.05) is 43.6 Å². The van der Waals surface area contributed by atoms with Crippen molar-refractivity contribution in [3.8, 4) is 17.1 Å². The molecule has 7 nitrogen and oxygen atoms in total. The molecule has 1 fully saturated rings. The van der Waals surface area contributed by atoms with Crippen molar-refractivity contribution in [1.29, 1.82) is 0 Å². The first kappa shape index (κ1) is 28.8. The molecule has 3 aromatic carbocycles. The average Bonchev–Trinajstić information content (AvgIpc) is 3.51. The van der Waals surface area contributed by atoms with E-state index in [-0.39, 0.29) is 52.7 Å². The topological polar surface area (TPSA) is 86.5 Å². The number of hydrogen-bond donors (Lipinski definition) is 1. The van der Waals surface area contributed by atoms with Crippen LogP contribution in [0.1, 0.15) is 47.2 Å². The van der Waals surface area contributed by atoms with Gasteiger partial charge in [-0.3, -0.25) is 0 Å². The van der Waals surface area contributed by atoms with Gasteiger partial charge in [0.05, 0.1) is 41.5 Å². The molecule has 0 aliphatic carbocycles. The van der Waals surface area contributed by atoms with E-state index in [9.17, 15) is 9.90 Å². The molecule has 43 heavy (non-hydrogen) atoms. The van der Waals surface area contributed by atoms with E-state index in [0.717, 1.165) is 17.7 Å².